The summed E-state index contributed by atoms with van der Waals surface area (Å²) in [4.78, 5) is 16.1. The van der Waals surface area contributed by atoms with Gasteiger partial charge in [-0.25, -0.2) is 0 Å². The molecule has 158 valence electrons. The number of aldehydes is 1. The van der Waals surface area contributed by atoms with Gasteiger partial charge >= 0.3 is 0 Å². The van der Waals surface area contributed by atoms with Crippen LogP contribution in [0.3, 0.4) is 0 Å². The van der Waals surface area contributed by atoms with Crippen LogP contribution in [0.15, 0.2) is 37.5 Å². The molecule has 0 aliphatic heterocycles. The Morgan fingerprint density at radius 2 is 1.89 bits per heavy atom. The Labute approximate surface area is 170 Å². The quantitative estimate of drug-likeness (QED) is 0.201. The minimum absolute atomic E-state index is 0.0184. The molecule has 0 heterocycles. The van der Waals surface area contributed by atoms with Crippen molar-refractivity contribution in [3.8, 4) is 0 Å². The van der Waals surface area contributed by atoms with Gasteiger partial charge < -0.3 is 15.0 Å². The summed E-state index contributed by atoms with van der Waals surface area (Å²) in [6, 6.07) is 0.561. The van der Waals surface area contributed by atoms with Crippen LogP contribution in [0.2, 0.25) is 0 Å². The fourth-order valence-corrected chi connectivity index (χ4v) is 3.22. The first-order valence-electron chi connectivity index (χ1n) is 9.25. The lowest BCUT2D eigenvalue weighted by Crippen LogP contribution is -2.30. The predicted octanol–water partition coefficient (Wildman–Crippen LogP) is 3.84. The lowest BCUT2D eigenvalue weighted by Gasteiger charge is -2.23. The highest BCUT2D eigenvalue weighted by Gasteiger charge is 2.27. The molecule has 5 nitrogen and oxygen atoms in total. The second-order valence-electron chi connectivity index (χ2n) is 6.93. The maximum atomic E-state index is 10.4. The van der Waals surface area contributed by atoms with Gasteiger partial charge in [0.2, 0.25) is 0 Å². The largest absolute Gasteiger partial charge is 0.366 e. The van der Waals surface area contributed by atoms with Gasteiger partial charge in [0.05, 0.1) is 6.61 Å². The third kappa shape index (κ3) is 19.6. The number of hydrogen-bond donors (Lipinski definition) is 2. The van der Waals surface area contributed by atoms with Gasteiger partial charge in [-0.1, -0.05) is 31.2 Å². The number of thioether (sulfide) groups is 1. The first-order chi connectivity index (χ1) is 12.7. The van der Waals surface area contributed by atoms with Crippen molar-refractivity contribution in [2.24, 2.45) is 11.8 Å². The number of hydrogen-bond acceptors (Lipinski definition) is 6. The first-order valence-corrected chi connectivity index (χ1v) is 10.6. The van der Waals surface area contributed by atoms with E-state index in [1.54, 1.807) is 0 Å². The maximum absolute atomic E-state index is 10.4. The fourth-order valence-electron chi connectivity index (χ4n) is 2.45. The SMILES string of the molecule is C=C.CC(C)(O)O.CSCC1CCC(N(C)OC/C=C\C=C/C(C)C=O)C1. The van der Waals surface area contributed by atoms with Crippen LogP contribution in [-0.2, 0) is 9.63 Å². The molecule has 27 heavy (non-hydrogen) atoms. The normalized spacial score (nSPS) is 20.9. The van der Waals surface area contributed by atoms with Crippen LogP contribution in [0.5, 0.6) is 0 Å². The highest BCUT2D eigenvalue weighted by molar-refractivity contribution is 7.98. The van der Waals surface area contributed by atoms with Gasteiger partial charge in [0, 0.05) is 19.0 Å². The molecule has 0 aromatic rings. The summed E-state index contributed by atoms with van der Waals surface area (Å²) >= 11 is 1.94. The monoisotopic (exact) mass is 401 g/mol. The van der Waals surface area contributed by atoms with Crippen molar-refractivity contribution in [1.82, 2.24) is 5.06 Å². The van der Waals surface area contributed by atoms with Crippen LogP contribution in [0.25, 0.3) is 0 Å². The van der Waals surface area contributed by atoms with Crippen LogP contribution >= 0.6 is 11.8 Å². The molecule has 0 spiro atoms. The van der Waals surface area contributed by atoms with Crippen molar-refractivity contribution in [2.75, 3.05) is 25.7 Å². The van der Waals surface area contributed by atoms with Crippen LogP contribution in [0, 0.1) is 11.8 Å². The minimum Gasteiger partial charge on any atom is -0.366 e. The lowest BCUT2D eigenvalue weighted by atomic mass is 10.1. The number of hydroxylamine groups is 2. The molecule has 3 unspecified atom stereocenters. The zero-order chi connectivity index (χ0) is 21.3. The fraction of sp³-hybridized carbons (Fsp3) is 0.667. The first kappa shape index (κ1) is 28.3. The van der Waals surface area contributed by atoms with E-state index in [0.29, 0.717) is 12.6 Å². The summed E-state index contributed by atoms with van der Waals surface area (Å²) in [6.45, 7) is 11.0. The molecular formula is C21H39NO4S. The number of carbonyl (C=O) groups excluding carboxylic acids is 1. The molecule has 0 aromatic heterocycles. The summed E-state index contributed by atoms with van der Waals surface area (Å²) in [6.07, 6.45) is 14.6. The number of nitrogens with zero attached hydrogens (tertiary/aromatic N) is 1. The highest BCUT2D eigenvalue weighted by atomic mass is 32.2. The van der Waals surface area contributed by atoms with E-state index in [2.05, 4.69) is 19.4 Å². The number of aliphatic hydroxyl groups is 2. The molecule has 1 aliphatic rings. The molecule has 0 bridgehead atoms. The van der Waals surface area contributed by atoms with Crippen molar-refractivity contribution in [2.45, 2.75) is 51.9 Å². The smallest absolute Gasteiger partial charge is 0.156 e. The zero-order valence-corrected chi connectivity index (χ0v) is 18.5. The molecule has 2 N–H and O–H groups in total. The van der Waals surface area contributed by atoms with E-state index in [-0.39, 0.29) is 5.92 Å². The lowest BCUT2D eigenvalue weighted by molar-refractivity contribution is -0.156. The molecule has 3 atom stereocenters. The van der Waals surface area contributed by atoms with Crippen molar-refractivity contribution in [3.05, 3.63) is 37.5 Å². The summed E-state index contributed by atoms with van der Waals surface area (Å²) < 4.78 is 0. The van der Waals surface area contributed by atoms with Crippen LogP contribution in [0.1, 0.15) is 40.0 Å². The Morgan fingerprint density at radius 3 is 2.41 bits per heavy atom. The van der Waals surface area contributed by atoms with E-state index in [1.165, 1.54) is 38.9 Å². The van der Waals surface area contributed by atoms with E-state index in [4.69, 9.17) is 15.1 Å². The van der Waals surface area contributed by atoms with Crippen molar-refractivity contribution in [1.29, 1.82) is 0 Å². The Balaban J connectivity index is 0. The van der Waals surface area contributed by atoms with Gasteiger partial charge in [-0.3, -0.25) is 4.84 Å². The van der Waals surface area contributed by atoms with Gasteiger partial charge in [0.1, 0.15) is 6.29 Å². The van der Waals surface area contributed by atoms with Gasteiger partial charge in [-0.2, -0.15) is 16.8 Å². The number of allylic oxidation sites excluding steroid dienone is 3. The zero-order valence-electron chi connectivity index (χ0n) is 17.6. The highest BCUT2D eigenvalue weighted by Crippen LogP contribution is 2.30. The van der Waals surface area contributed by atoms with E-state index in [0.717, 1.165) is 12.2 Å². The van der Waals surface area contributed by atoms with Gasteiger partial charge in [-0.05, 0) is 51.0 Å². The summed E-state index contributed by atoms with van der Waals surface area (Å²) in [5.41, 5.74) is 0. The van der Waals surface area contributed by atoms with Crippen LogP contribution in [-0.4, -0.2) is 59.1 Å². The van der Waals surface area contributed by atoms with Crippen LogP contribution in [0.4, 0.5) is 0 Å². The summed E-state index contributed by atoms with van der Waals surface area (Å²) in [5.74, 6) is 0.601. The van der Waals surface area contributed by atoms with Crippen molar-refractivity contribution >= 4 is 18.0 Å². The average molecular weight is 402 g/mol. The molecule has 1 fully saturated rings. The van der Waals surface area contributed by atoms with Crippen molar-refractivity contribution < 1.29 is 19.8 Å². The molecular weight excluding hydrogens is 362 g/mol. The van der Waals surface area contributed by atoms with Crippen LogP contribution < -0.4 is 0 Å². The Kier molecular flexibility index (Phi) is 18.0. The average Bonchev–Trinajstić information content (AvgIpc) is 3.07. The van der Waals surface area contributed by atoms with Crippen molar-refractivity contribution in [3.63, 3.8) is 0 Å². The van der Waals surface area contributed by atoms with Gasteiger partial charge in [-0.15, -0.1) is 13.2 Å². The molecule has 0 radical (unpaired) electrons. The molecule has 1 rings (SSSR count). The van der Waals surface area contributed by atoms with Gasteiger partial charge in [0.25, 0.3) is 0 Å². The molecule has 1 aliphatic carbocycles. The second-order valence-corrected chi connectivity index (χ2v) is 7.84. The molecule has 0 aromatic carbocycles. The maximum Gasteiger partial charge on any atom is 0.156 e. The molecule has 0 amide bonds. The molecule has 0 saturated heterocycles. The Bertz CT molecular complexity index is 415. The standard InChI is InChI=1S/C16H27NO2S.C3H8O2.C2H4/c1-14(12-18)7-5-4-6-10-19-17(2)16-9-8-15(11-16)13-20-3;1-3(2,4)5;1-2/h4-7,12,14-16H,8-11,13H2,1-3H3;4-5H,1-2H3;1-2H2/b6-4-,7-5-;;. The van der Waals surface area contributed by atoms with E-state index in [9.17, 15) is 4.79 Å². The number of carbonyl (C=O) groups is 1. The van der Waals surface area contributed by atoms with E-state index >= 15 is 0 Å². The predicted molar refractivity (Wildman–Crippen MR) is 117 cm³/mol. The summed E-state index contributed by atoms with van der Waals surface area (Å²) in [5, 5.41) is 18.2. The van der Waals surface area contributed by atoms with E-state index < -0.39 is 5.79 Å². The molecule has 1 saturated carbocycles. The summed E-state index contributed by atoms with van der Waals surface area (Å²) in [7, 11) is 2.03. The Hall–Kier alpha value is -0.920. The third-order valence-corrected chi connectivity index (χ3v) is 4.49. The minimum atomic E-state index is -1.50. The topological polar surface area (TPSA) is 70.0 Å². The van der Waals surface area contributed by atoms with Gasteiger partial charge in [0.15, 0.2) is 5.79 Å². The Morgan fingerprint density at radius 1 is 1.30 bits per heavy atom. The third-order valence-electron chi connectivity index (χ3n) is 3.68. The second kappa shape index (κ2) is 17.2. The van der Waals surface area contributed by atoms with E-state index in [1.807, 2.05) is 55.1 Å². The molecule has 6 heteroatoms. The number of rotatable bonds is 9.